The molecule has 0 atom stereocenters. The van der Waals surface area contributed by atoms with E-state index in [1.165, 1.54) is 0 Å². The molecule has 0 radical (unpaired) electrons. The van der Waals surface area contributed by atoms with E-state index in [1.54, 1.807) is 19.4 Å². The number of benzene rings is 3. The van der Waals surface area contributed by atoms with Crippen molar-refractivity contribution in [2.75, 3.05) is 25.6 Å². The van der Waals surface area contributed by atoms with Gasteiger partial charge in [0.2, 0.25) is 0 Å². The molecule has 0 heterocycles. The molecule has 1 amide bonds. The minimum absolute atomic E-state index is 0.113. The molecule has 0 bridgehead atoms. The van der Waals surface area contributed by atoms with Crippen molar-refractivity contribution >= 4 is 44.5 Å². The molecule has 0 aliphatic carbocycles. The molecule has 3 aromatic carbocycles. The standard InChI is InChI=1S/C22H22BrN3O3/c1-3-29-20-12-15(11-18(23)22(20)28-2)13-25-26-21(27)14-24-19-10-6-8-16-7-4-5-9-17(16)19/h4-13,24H,3,14H2,1-2H3,(H,26,27)/b25-13-. The van der Waals surface area contributed by atoms with Gasteiger partial charge in [-0.15, -0.1) is 0 Å². The topological polar surface area (TPSA) is 72.0 Å². The van der Waals surface area contributed by atoms with Crippen LogP contribution in [0.5, 0.6) is 11.5 Å². The highest BCUT2D eigenvalue weighted by Crippen LogP contribution is 2.36. The molecule has 0 spiro atoms. The lowest BCUT2D eigenvalue weighted by Crippen LogP contribution is -2.25. The SMILES string of the molecule is CCOc1cc(/C=N\NC(=O)CNc2cccc3ccccc23)cc(Br)c1OC. The van der Waals surface area contributed by atoms with Gasteiger partial charge >= 0.3 is 0 Å². The van der Waals surface area contributed by atoms with Crippen molar-refractivity contribution < 1.29 is 14.3 Å². The zero-order chi connectivity index (χ0) is 20.6. The summed E-state index contributed by atoms with van der Waals surface area (Å²) in [5.41, 5.74) is 4.20. The van der Waals surface area contributed by atoms with E-state index in [-0.39, 0.29) is 12.5 Å². The van der Waals surface area contributed by atoms with Crippen LogP contribution in [0.1, 0.15) is 12.5 Å². The molecule has 0 fully saturated rings. The number of nitrogens with zero attached hydrogens (tertiary/aromatic N) is 1. The highest BCUT2D eigenvalue weighted by atomic mass is 79.9. The third kappa shape index (κ3) is 5.26. The average Bonchev–Trinajstić information content (AvgIpc) is 2.72. The van der Waals surface area contributed by atoms with E-state index < -0.39 is 0 Å². The number of hydrazone groups is 1. The van der Waals surface area contributed by atoms with Gasteiger partial charge in [-0.05, 0) is 52.0 Å². The molecule has 0 unspecified atom stereocenters. The van der Waals surface area contributed by atoms with E-state index >= 15 is 0 Å². The molecule has 6 nitrogen and oxygen atoms in total. The van der Waals surface area contributed by atoms with Crippen LogP contribution in [0.3, 0.4) is 0 Å². The number of ether oxygens (including phenoxy) is 2. The minimum Gasteiger partial charge on any atom is -0.492 e. The Hall–Kier alpha value is -3.06. The number of carbonyl (C=O) groups excluding carboxylic acids is 1. The van der Waals surface area contributed by atoms with Gasteiger partial charge in [0, 0.05) is 11.1 Å². The maximum absolute atomic E-state index is 12.1. The quantitative estimate of drug-likeness (QED) is 0.385. The van der Waals surface area contributed by atoms with E-state index in [2.05, 4.69) is 31.8 Å². The molecule has 0 aliphatic rings. The zero-order valence-corrected chi connectivity index (χ0v) is 17.8. The summed E-state index contributed by atoms with van der Waals surface area (Å²) in [7, 11) is 1.58. The lowest BCUT2D eigenvalue weighted by molar-refractivity contribution is -0.119. The largest absolute Gasteiger partial charge is 0.492 e. The molecule has 29 heavy (non-hydrogen) atoms. The third-order valence-electron chi connectivity index (χ3n) is 4.17. The first-order valence-electron chi connectivity index (χ1n) is 9.16. The Morgan fingerprint density at radius 1 is 1.17 bits per heavy atom. The highest BCUT2D eigenvalue weighted by Gasteiger charge is 2.10. The summed E-state index contributed by atoms with van der Waals surface area (Å²) in [5.74, 6) is 0.980. The lowest BCUT2D eigenvalue weighted by Gasteiger charge is -2.11. The van der Waals surface area contributed by atoms with E-state index in [0.29, 0.717) is 18.1 Å². The summed E-state index contributed by atoms with van der Waals surface area (Å²) < 4.78 is 11.7. The monoisotopic (exact) mass is 455 g/mol. The first-order valence-corrected chi connectivity index (χ1v) is 9.95. The van der Waals surface area contributed by atoms with Gasteiger partial charge in [0.05, 0.1) is 30.9 Å². The zero-order valence-electron chi connectivity index (χ0n) is 16.2. The van der Waals surface area contributed by atoms with Crippen LogP contribution in [-0.2, 0) is 4.79 Å². The molecule has 7 heteroatoms. The summed E-state index contributed by atoms with van der Waals surface area (Å²) in [5, 5.41) is 9.37. The molecular formula is C22H22BrN3O3. The van der Waals surface area contributed by atoms with Gasteiger partial charge in [0.1, 0.15) is 0 Å². The van der Waals surface area contributed by atoms with Crippen molar-refractivity contribution in [2.45, 2.75) is 6.92 Å². The first kappa shape index (κ1) is 20.7. The minimum atomic E-state index is -0.244. The molecule has 0 aromatic heterocycles. The summed E-state index contributed by atoms with van der Waals surface area (Å²) >= 11 is 3.46. The second-order valence-electron chi connectivity index (χ2n) is 6.14. The van der Waals surface area contributed by atoms with E-state index in [9.17, 15) is 4.79 Å². The summed E-state index contributed by atoms with van der Waals surface area (Å²) in [6.07, 6.45) is 1.56. The summed E-state index contributed by atoms with van der Waals surface area (Å²) in [6.45, 7) is 2.53. The van der Waals surface area contributed by atoms with Crippen molar-refractivity contribution in [2.24, 2.45) is 5.10 Å². The molecule has 0 aliphatic heterocycles. The Kier molecular flexibility index (Phi) is 7.08. The van der Waals surface area contributed by atoms with Crippen molar-refractivity contribution in [1.29, 1.82) is 0 Å². The molecule has 0 saturated carbocycles. The normalized spacial score (nSPS) is 10.9. The Bertz CT molecular complexity index is 1030. The van der Waals surface area contributed by atoms with E-state index in [4.69, 9.17) is 9.47 Å². The number of hydrogen-bond acceptors (Lipinski definition) is 5. The molecule has 2 N–H and O–H groups in total. The van der Waals surface area contributed by atoms with Crippen LogP contribution in [-0.4, -0.2) is 32.4 Å². The second kappa shape index (κ2) is 9.93. The van der Waals surface area contributed by atoms with Crippen LogP contribution >= 0.6 is 15.9 Å². The van der Waals surface area contributed by atoms with Gasteiger partial charge in [-0.25, -0.2) is 5.43 Å². The Labute approximate surface area is 178 Å². The lowest BCUT2D eigenvalue weighted by atomic mass is 10.1. The number of methoxy groups -OCH3 is 1. The number of nitrogens with one attached hydrogen (secondary N) is 2. The number of fused-ring (bicyclic) bond motifs is 1. The fourth-order valence-corrected chi connectivity index (χ4v) is 3.52. The van der Waals surface area contributed by atoms with Crippen LogP contribution in [0.2, 0.25) is 0 Å². The van der Waals surface area contributed by atoms with Gasteiger partial charge in [0.15, 0.2) is 11.5 Å². The van der Waals surface area contributed by atoms with Crippen molar-refractivity contribution in [3.05, 3.63) is 64.6 Å². The van der Waals surface area contributed by atoms with Gasteiger partial charge in [-0.3, -0.25) is 4.79 Å². The predicted octanol–water partition coefficient (Wildman–Crippen LogP) is 4.57. The number of carbonyl (C=O) groups is 1. The Morgan fingerprint density at radius 3 is 2.76 bits per heavy atom. The molecular weight excluding hydrogens is 434 g/mol. The summed E-state index contributed by atoms with van der Waals surface area (Å²) in [4.78, 5) is 12.1. The third-order valence-corrected chi connectivity index (χ3v) is 4.76. The number of anilines is 1. The number of halogens is 1. The molecule has 3 rings (SSSR count). The van der Waals surface area contributed by atoms with Crippen LogP contribution in [0, 0.1) is 0 Å². The summed E-state index contributed by atoms with van der Waals surface area (Å²) in [6, 6.07) is 17.6. The van der Waals surface area contributed by atoms with Crippen LogP contribution in [0.4, 0.5) is 5.69 Å². The molecule has 150 valence electrons. The number of hydrogen-bond donors (Lipinski definition) is 2. The first-order chi connectivity index (χ1) is 14.1. The average molecular weight is 456 g/mol. The van der Waals surface area contributed by atoms with Crippen LogP contribution in [0.15, 0.2) is 64.2 Å². The maximum atomic E-state index is 12.1. The van der Waals surface area contributed by atoms with Gasteiger partial charge in [0.25, 0.3) is 5.91 Å². The Morgan fingerprint density at radius 2 is 1.97 bits per heavy atom. The predicted molar refractivity (Wildman–Crippen MR) is 120 cm³/mol. The number of amides is 1. The second-order valence-corrected chi connectivity index (χ2v) is 6.99. The van der Waals surface area contributed by atoms with Crippen LogP contribution in [0.25, 0.3) is 10.8 Å². The van der Waals surface area contributed by atoms with E-state index in [0.717, 1.165) is 26.5 Å². The van der Waals surface area contributed by atoms with E-state index in [1.807, 2.05) is 55.5 Å². The fourth-order valence-electron chi connectivity index (χ4n) is 2.90. The van der Waals surface area contributed by atoms with Crippen molar-refractivity contribution in [3.8, 4) is 11.5 Å². The van der Waals surface area contributed by atoms with Crippen molar-refractivity contribution in [1.82, 2.24) is 5.43 Å². The van der Waals surface area contributed by atoms with Gasteiger partial charge in [-0.1, -0.05) is 36.4 Å². The number of rotatable bonds is 8. The molecule has 3 aromatic rings. The Balaban J connectivity index is 1.61. The maximum Gasteiger partial charge on any atom is 0.259 e. The highest BCUT2D eigenvalue weighted by molar-refractivity contribution is 9.10. The van der Waals surface area contributed by atoms with Gasteiger partial charge in [-0.2, -0.15) is 5.10 Å². The smallest absolute Gasteiger partial charge is 0.259 e. The van der Waals surface area contributed by atoms with Gasteiger partial charge < -0.3 is 14.8 Å². The molecule has 0 saturated heterocycles. The van der Waals surface area contributed by atoms with Crippen LogP contribution < -0.4 is 20.2 Å². The fraction of sp³-hybridized carbons (Fsp3) is 0.182. The van der Waals surface area contributed by atoms with Crippen molar-refractivity contribution in [3.63, 3.8) is 0 Å².